The van der Waals surface area contributed by atoms with Crippen molar-refractivity contribution in [3.05, 3.63) is 65.9 Å². The second-order valence-electron chi connectivity index (χ2n) is 7.37. The van der Waals surface area contributed by atoms with Crippen LogP contribution in [0.15, 0.2) is 54.6 Å². The highest BCUT2D eigenvalue weighted by Gasteiger charge is 2.27. The Kier molecular flexibility index (Phi) is 5.63. The molecule has 2 aromatic carbocycles. The number of H-pyrrole nitrogens is 1. The van der Waals surface area contributed by atoms with Crippen molar-refractivity contribution in [1.29, 1.82) is 0 Å². The van der Waals surface area contributed by atoms with Gasteiger partial charge < -0.3 is 19.7 Å². The van der Waals surface area contributed by atoms with Crippen molar-refractivity contribution in [1.82, 2.24) is 9.88 Å². The summed E-state index contributed by atoms with van der Waals surface area (Å²) in [4.78, 5) is 18.2. The van der Waals surface area contributed by atoms with Crippen molar-refractivity contribution in [2.24, 2.45) is 0 Å². The molecule has 146 valence electrons. The van der Waals surface area contributed by atoms with Gasteiger partial charge in [-0.25, -0.2) is 0 Å². The second-order valence-corrected chi connectivity index (χ2v) is 7.37. The molecule has 1 saturated heterocycles. The van der Waals surface area contributed by atoms with E-state index >= 15 is 0 Å². The van der Waals surface area contributed by atoms with E-state index in [9.17, 15) is 9.90 Å². The molecule has 1 fully saturated rings. The Hall–Kier alpha value is -2.79. The number of fused-ring (bicyclic) bond motifs is 1. The van der Waals surface area contributed by atoms with Crippen LogP contribution in [-0.4, -0.2) is 40.1 Å². The summed E-state index contributed by atoms with van der Waals surface area (Å²) in [5.74, 6) is 0.787. The van der Waals surface area contributed by atoms with Crippen LogP contribution in [0.25, 0.3) is 10.9 Å². The van der Waals surface area contributed by atoms with Gasteiger partial charge in [0.05, 0.1) is 0 Å². The van der Waals surface area contributed by atoms with E-state index in [0.717, 1.165) is 48.0 Å². The van der Waals surface area contributed by atoms with E-state index in [-0.39, 0.29) is 18.6 Å². The lowest BCUT2D eigenvalue weighted by Gasteiger charge is -2.35. The number of ether oxygens (including phenoxy) is 1. The van der Waals surface area contributed by atoms with E-state index in [0.29, 0.717) is 18.7 Å². The molecule has 0 bridgehead atoms. The van der Waals surface area contributed by atoms with Crippen LogP contribution in [0.4, 0.5) is 0 Å². The van der Waals surface area contributed by atoms with Gasteiger partial charge >= 0.3 is 0 Å². The van der Waals surface area contributed by atoms with Gasteiger partial charge in [0.25, 0.3) is 5.91 Å². The van der Waals surface area contributed by atoms with Gasteiger partial charge in [-0.15, -0.1) is 0 Å². The Labute approximate surface area is 164 Å². The normalized spacial score (nSPS) is 17.0. The lowest BCUT2D eigenvalue weighted by atomic mass is 9.99. The summed E-state index contributed by atoms with van der Waals surface area (Å²) in [5, 5.41) is 10.3. The average molecular weight is 378 g/mol. The van der Waals surface area contributed by atoms with E-state index in [4.69, 9.17) is 4.74 Å². The molecule has 1 unspecified atom stereocenters. The summed E-state index contributed by atoms with van der Waals surface area (Å²) in [7, 11) is 0. The maximum atomic E-state index is 13.0. The third-order valence-electron chi connectivity index (χ3n) is 5.42. The van der Waals surface area contributed by atoms with Crippen molar-refractivity contribution in [3.8, 4) is 5.75 Å². The van der Waals surface area contributed by atoms with Crippen LogP contribution in [0.3, 0.4) is 0 Å². The minimum absolute atomic E-state index is 0.0149. The molecule has 5 nitrogen and oxygen atoms in total. The predicted octanol–water partition coefficient (Wildman–Crippen LogP) is 4.12. The Balaban J connectivity index is 1.50. The van der Waals surface area contributed by atoms with Crippen molar-refractivity contribution < 1.29 is 14.6 Å². The number of benzene rings is 2. The van der Waals surface area contributed by atoms with Gasteiger partial charge in [0.1, 0.15) is 18.1 Å². The molecular weight excluding hydrogens is 352 g/mol. The van der Waals surface area contributed by atoms with Gasteiger partial charge in [-0.2, -0.15) is 0 Å². The zero-order chi connectivity index (χ0) is 19.3. The molecular formula is C23H26N2O3. The topological polar surface area (TPSA) is 65.6 Å². The Morgan fingerprint density at radius 2 is 2.00 bits per heavy atom. The summed E-state index contributed by atoms with van der Waals surface area (Å²) >= 11 is 0. The lowest BCUT2D eigenvalue weighted by molar-refractivity contribution is 0.0569. The fourth-order valence-corrected chi connectivity index (χ4v) is 3.92. The van der Waals surface area contributed by atoms with E-state index in [1.165, 1.54) is 0 Å². The number of aromatic amines is 1. The number of nitrogens with one attached hydrogen (secondary N) is 1. The molecule has 0 saturated carbocycles. The Morgan fingerprint density at radius 3 is 2.82 bits per heavy atom. The molecule has 4 rings (SSSR count). The van der Waals surface area contributed by atoms with E-state index in [1.807, 2.05) is 59.5 Å². The van der Waals surface area contributed by atoms with E-state index in [1.54, 1.807) is 0 Å². The van der Waals surface area contributed by atoms with Crippen LogP contribution in [-0.2, 0) is 6.61 Å². The number of hydrogen-bond acceptors (Lipinski definition) is 3. The molecule has 1 aromatic heterocycles. The van der Waals surface area contributed by atoms with Gasteiger partial charge in [0.2, 0.25) is 0 Å². The van der Waals surface area contributed by atoms with Crippen molar-refractivity contribution >= 4 is 16.8 Å². The Bertz CT molecular complexity index is 933. The quantitative estimate of drug-likeness (QED) is 0.678. The third-order valence-corrected chi connectivity index (χ3v) is 5.42. The summed E-state index contributed by atoms with van der Waals surface area (Å²) in [5.41, 5.74) is 2.61. The number of likely N-dealkylation sites (tertiary alicyclic amines) is 1. The van der Waals surface area contributed by atoms with Crippen LogP contribution in [0, 0.1) is 0 Å². The molecule has 3 aromatic rings. The molecule has 0 aliphatic carbocycles. The first-order valence-electron chi connectivity index (χ1n) is 9.96. The molecule has 2 N–H and O–H groups in total. The summed E-state index contributed by atoms with van der Waals surface area (Å²) in [6.07, 6.45) is 3.74. The largest absolute Gasteiger partial charge is 0.489 e. The maximum Gasteiger partial charge on any atom is 0.270 e. The fourth-order valence-electron chi connectivity index (χ4n) is 3.92. The van der Waals surface area contributed by atoms with Crippen LogP contribution < -0.4 is 4.74 Å². The molecule has 1 aliphatic heterocycles. The number of nitrogens with zero attached hydrogens (tertiary/aromatic N) is 1. The zero-order valence-electron chi connectivity index (χ0n) is 15.9. The number of carbonyl (C=O) groups excluding carboxylic acids is 1. The maximum absolute atomic E-state index is 13.0. The smallest absolute Gasteiger partial charge is 0.270 e. The number of rotatable bonds is 6. The van der Waals surface area contributed by atoms with E-state index in [2.05, 4.69) is 4.98 Å². The average Bonchev–Trinajstić information content (AvgIpc) is 3.16. The van der Waals surface area contributed by atoms with Crippen LogP contribution >= 0.6 is 0 Å². The Morgan fingerprint density at radius 1 is 1.14 bits per heavy atom. The number of aromatic nitrogens is 1. The standard InChI is InChI=1S/C23H26N2O3/c26-13-11-19-8-4-5-12-25(19)23(27)22-14-18-9-10-20(15-21(18)24-22)28-16-17-6-2-1-3-7-17/h1-3,6-7,9-10,14-15,19,24,26H,4-5,8,11-13,16H2. The van der Waals surface area contributed by atoms with Crippen molar-refractivity contribution in [3.63, 3.8) is 0 Å². The van der Waals surface area contributed by atoms with Crippen LogP contribution in [0.2, 0.25) is 0 Å². The van der Waals surface area contributed by atoms with Gasteiger partial charge in [0, 0.05) is 36.2 Å². The number of aliphatic hydroxyl groups is 1. The number of hydrogen-bond donors (Lipinski definition) is 2. The third kappa shape index (κ3) is 4.04. The number of aliphatic hydroxyl groups excluding tert-OH is 1. The molecule has 1 amide bonds. The molecule has 0 spiro atoms. The summed E-state index contributed by atoms with van der Waals surface area (Å²) < 4.78 is 5.89. The molecule has 0 radical (unpaired) electrons. The minimum Gasteiger partial charge on any atom is -0.489 e. The zero-order valence-corrected chi connectivity index (χ0v) is 15.9. The van der Waals surface area contributed by atoms with Gasteiger partial charge in [0.15, 0.2) is 0 Å². The molecule has 28 heavy (non-hydrogen) atoms. The van der Waals surface area contributed by atoms with E-state index < -0.39 is 0 Å². The molecule has 1 aliphatic rings. The first-order chi connectivity index (χ1) is 13.7. The summed E-state index contributed by atoms with van der Waals surface area (Å²) in [6.45, 7) is 1.38. The number of carbonyl (C=O) groups is 1. The lowest BCUT2D eigenvalue weighted by Crippen LogP contribution is -2.44. The molecule has 5 heteroatoms. The highest BCUT2D eigenvalue weighted by molar-refractivity contribution is 5.98. The van der Waals surface area contributed by atoms with Gasteiger partial charge in [-0.05, 0) is 49.4 Å². The van der Waals surface area contributed by atoms with Gasteiger partial charge in [-0.1, -0.05) is 30.3 Å². The first kappa shape index (κ1) is 18.6. The highest BCUT2D eigenvalue weighted by atomic mass is 16.5. The number of amides is 1. The molecule has 2 heterocycles. The van der Waals surface area contributed by atoms with Crippen LogP contribution in [0.1, 0.15) is 41.7 Å². The predicted molar refractivity (Wildman–Crippen MR) is 109 cm³/mol. The second kappa shape index (κ2) is 8.48. The first-order valence-corrected chi connectivity index (χ1v) is 9.96. The SMILES string of the molecule is O=C(c1cc2ccc(OCc3ccccc3)cc2[nH]1)N1CCCCC1CCO. The highest BCUT2D eigenvalue weighted by Crippen LogP contribution is 2.26. The minimum atomic E-state index is 0.0149. The fraction of sp³-hybridized carbons (Fsp3) is 0.348. The van der Waals surface area contributed by atoms with Crippen molar-refractivity contribution in [2.45, 2.75) is 38.3 Å². The van der Waals surface area contributed by atoms with Crippen LogP contribution in [0.5, 0.6) is 5.75 Å². The number of piperidine rings is 1. The van der Waals surface area contributed by atoms with Gasteiger partial charge in [-0.3, -0.25) is 4.79 Å². The molecule has 1 atom stereocenters. The van der Waals surface area contributed by atoms with Crippen molar-refractivity contribution in [2.75, 3.05) is 13.2 Å². The monoisotopic (exact) mass is 378 g/mol. The summed E-state index contributed by atoms with van der Waals surface area (Å²) in [6, 6.07) is 17.9.